The van der Waals surface area contributed by atoms with Gasteiger partial charge in [-0.1, -0.05) is 12.1 Å². The Morgan fingerprint density at radius 1 is 1.19 bits per heavy atom. The van der Waals surface area contributed by atoms with E-state index in [0.717, 1.165) is 5.56 Å². The van der Waals surface area contributed by atoms with E-state index in [0.29, 0.717) is 6.61 Å². The van der Waals surface area contributed by atoms with Crippen LogP contribution in [0, 0.1) is 0 Å². The topological polar surface area (TPSA) is 18.5 Å². The minimum atomic E-state index is -4.65. The van der Waals surface area contributed by atoms with Crippen LogP contribution in [-0.2, 0) is 4.74 Å². The van der Waals surface area contributed by atoms with Crippen molar-refractivity contribution < 1.29 is 22.6 Å². The minimum absolute atomic E-state index is 0.235. The van der Waals surface area contributed by atoms with Crippen LogP contribution >= 0.6 is 0 Å². The first-order chi connectivity index (χ1) is 7.51. The number of halogens is 3. The highest BCUT2D eigenvalue weighted by Gasteiger charge is 2.30. The molecule has 0 bridgehead atoms. The van der Waals surface area contributed by atoms with Crippen molar-refractivity contribution in [3.8, 4) is 5.75 Å². The molecule has 5 heteroatoms. The predicted molar refractivity (Wildman–Crippen MR) is 53.8 cm³/mol. The summed E-state index contributed by atoms with van der Waals surface area (Å²) in [6.07, 6.45) is -1.51. The van der Waals surface area contributed by atoms with Gasteiger partial charge in [0.25, 0.3) is 0 Å². The lowest BCUT2D eigenvalue weighted by Crippen LogP contribution is -2.16. The molecule has 0 radical (unpaired) electrons. The highest BCUT2D eigenvalue weighted by molar-refractivity contribution is 5.49. The molecule has 88 valence electrons. The van der Waals surface area contributed by atoms with Crippen molar-refractivity contribution in [1.29, 1.82) is 0 Å². The summed E-state index contributed by atoms with van der Waals surface area (Å²) in [4.78, 5) is 0. The Bertz CT molecular complexity index is 341. The summed E-state index contributed by atoms with van der Waals surface area (Å²) in [5.41, 5.74) is 0.739. The molecular weight excluding hydrogens is 221 g/mol. The first-order valence-corrected chi connectivity index (χ1v) is 4.65. The monoisotopic (exact) mass is 232 g/mol. The largest absolute Gasteiger partial charge is 0.573 e. The van der Waals surface area contributed by atoms with Crippen LogP contribution in [0.15, 0.2) is 30.5 Å². The molecule has 0 saturated carbocycles. The summed E-state index contributed by atoms with van der Waals surface area (Å²) in [7, 11) is 0. The Hall–Kier alpha value is -1.65. The van der Waals surface area contributed by atoms with Crippen LogP contribution in [0.25, 0.3) is 6.08 Å². The van der Waals surface area contributed by atoms with Gasteiger partial charge in [-0.15, -0.1) is 13.2 Å². The fourth-order valence-corrected chi connectivity index (χ4v) is 1.00. The Balaban J connectivity index is 2.61. The van der Waals surface area contributed by atoms with Gasteiger partial charge in [-0.05, 0) is 30.7 Å². The van der Waals surface area contributed by atoms with Gasteiger partial charge in [0.2, 0.25) is 0 Å². The maximum atomic E-state index is 11.8. The average molecular weight is 232 g/mol. The second kappa shape index (κ2) is 5.44. The predicted octanol–water partition coefficient (Wildman–Crippen LogP) is 3.59. The van der Waals surface area contributed by atoms with Gasteiger partial charge in [0.1, 0.15) is 5.75 Å². The van der Waals surface area contributed by atoms with Gasteiger partial charge in [0.05, 0.1) is 12.9 Å². The molecule has 0 unspecified atom stereocenters. The molecule has 1 aromatic carbocycles. The fourth-order valence-electron chi connectivity index (χ4n) is 1.00. The molecule has 0 aromatic heterocycles. The van der Waals surface area contributed by atoms with Gasteiger partial charge < -0.3 is 9.47 Å². The van der Waals surface area contributed by atoms with Gasteiger partial charge in [0.15, 0.2) is 0 Å². The molecular formula is C11H11F3O2. The molecule has 0 saturated heterocycles. The normalized spacial score (nSPS) is 11.8. The summed E-state index contributed by atoms with van der Waals surface area (Å²) in [5.74, 6) is -0.235. The second-order valence-electron chi connectivity index (χ2n) is 2.87. The standard InChI is InChI=1S/C11H11F3O2/c1-2-15-8-7-9-3-5-10(6-4-9)16-11(12,13)14/h3-8H,2H2,1H3. The van der Waals surface area contributed by atoms with Crippen molar-refractivity contribution >= 4 is 6.08 Å². The third-order valence-electron chi connectivity index (χ3n) is 1.64. The van der Waals surface area contributed by atoms with Gasteiger partial charge in [-0.2, -0.15) is 0 Å². The highest BCUT2D eigenvalue weighted by atomic mass is 19.4. The van der Waals surface area contributed by atoms with E-state index in [1.54, 1.807) is 6.08 Å². The van der Waals surface area contributed by atoms with Gasteiger partial charge in [0, 0.05) is 0 Å². The fraction of sp³-hybridized carbons (Fsp3) is 0.273. The molecule has 1 rings (SSSR count). The molecule has 0 aliphatic heterocycles. The van der Waals surface area contributed by atoms with E-state index in [2.05, 4.69) is 4.74 Å². The molecule has 0 fully saturated rings. The van der Waals surface area contributed by atoms with Crippen LogP contribution in [0.2, 0.25) is 0 Å². The highest BCUT2D eigenvalue weighted by Crippen LogP contribution is 2.22. The maximum Gasteiger partial charge on any atom is 0.573 e. The van der Waals surface area contributed by atoms with E-state index >= 15 is 0 Å². The number of alkyl halides is 3. The molecule has 0 heterocycles. The first kappa shape index (κ1) is 12.4. The number of benzene rings is 1. The zero-order valence-corrected chi connectivity index (χ0v) is 8.62. The van der Waals surface area contributed by atoms with E-state index in [9.17, 15) is 13.2 Å². The van der Waals surface area contributed by atoms with Crippen LogP contribution in [0.5, 0.6) is 5.75 Å². The maximum absolute atomic E-state index is 11.8. The van der Waals surface area contributed by atoms with Crippen molar-refractivity contribution in [3.05, 3.63) is 36.1 Å². The minimum Gasteiger partial charge on any atom is -0.501 e. The van der Waals surface area contributed by atoms with Gasteiger partial charge >= 0.3 is 6.36 Å². The zero-order valence-electron chi connectivity index (χ0n) is 8.62. The lowest BCUT2D eigenvalue weighted by molar-refractivity contribution is -0.274. The van der Waals surface area contributed by atoms with E-state index in [1.807, 2.05) is 6.92 Å². The van der Waals surface area contributed by atoms with Crippen molar-refractivity contribution in [2.45, 2.75) is 13.3 Å². The van der Waals surface area contributed by atoms with Crippen LogP contribution in [0.4, 0.5) is 13.2 Å². The molecule has 0 spiro atoms. The van der Waals surface area contributed by atoms with Crippen molar-refractivity contribution in [2.24, 2.45) is 0 Å². The summed E-state index contributed by atoms with van der Waals surface area (Å²) in [5, 5.41) is 0. The zero-order chi connectivity index (χ0) is 12.0. The van der Waals surface area contributed by atoms with Gasteiger partial charge in [-0.25, -0.2) is 0 Å². The first-order valence-electron chi connectivity index (χ1n) is 4.65. The van der Waals surface area contributed by atoms with Crippen LogP contribution < -0.4 is 4.74 Å². The molecule has 1 aromatic rings. The lowest BCUT2D eigenvalue weighted by Gasteiger charge is -2.08. The molecule has 0 N–H and O–H groups in total. The Kier molecular flexibility index (Phi) is 4.22. The third-order valence-corrected chi connectivity index (χ3v) is 1.64. The van der Waals surface area contributed by atoms with Crippen LogP contribution in [0.3, 0.4) is 0 Å². The molecule has 0 aliphatic carbocycles. The summed E-state index contributed by atoms with van der Waals surface area (Å²) >= 11 is 0. The Morgan fingerprint density at radius 3 is 2.31 bits per heavy atom. The van der Waals surface area contributed by atoms with E-state index in [4.69, 9.17) is 4.74 Å². The van der Waals surface area contributed by atoms with E-state index < -0.39 is 6.36 Å². The van der Waals surface area contributed by atoms with Crippen molar-refractivity contribution in [3.63, 3.8) is 0 Å². The van der Waals surface area contributed by atoms with Crippen molar-refractivity contribution in [1.82, 2.24) is 0 Å². The van der Waals surface area contributed by atoms with E-state index in [1.165, 1.54) is 30.5 Å². The number of ether oxygens (including phenoxy) is 2. The summed E-state index contributed by atoms with van der Waals surface area (Å²) in [6, 6.07) is 5.52. The smallest absolute Gasteiger partial charge is 0.501 e. The Morgan fingerprint density at radius 2 is 1.81 bits per heavy atom. The average Bonchev–Trinajstić information content (AvgIpc) is 2.19. The number of hydrogen-bond donors (Lipinski definition) is 0. The number of rotatable bonds is 4. The summed E-state index contributed by atoms with van der Waals surface area (Å²) < 4.78 is 44.2. The van der Waals surface area contributed by atoms with Crippen molar-refractivity contribution in [2.75, 3.05) is 6.61 Å². The molecule has 16 heavy (non-hydrogen) atoms. The molecule has 2 nitrogen and oxygen atoms in total. The Labute approximate surface area is 91.3 Å². The SMILES string of the molecule is CCOC=Cc1ccc(OC(F)(F)F)cc1. The second-order valence-corrected chi connectivity index (χ2v) is 2.87. The lowest BCUT2D eigenvalue weighted by atomic mass is 10.2. The quantitative estimate of drug-likeness (QED) is 0.738. The summed E-state index contributed by atoms with van der Waals surface area (Å²) in [6.45, 7) is 2.39. The van der Waals surface area contributed by atoms with Crippen LogP contribution in [0.1, 0.15) is 12.5 Å². The third kappa shape index (κ3) is 4.72. The van der Waals surface area contributed by atoms with Crippen LogP contribution in [-0.4, -0.2) is 13.0 Å². The molecule has 0 amide bonds. The molecule has 0 atom stereocenters. The molecule has 0 aliphatic rings. The number of hydrogen-bond acceptors (Lipinski definition) is 2. The van der Waals surface area contributed by atoms with E-state index in [-0.39, 0.29) is 5.75 Å². The van der Waals surface area contributed by atoms with Gasteiger partial charge in [-0.3, -0.25) is 0 Å².